The predicted molar refractivity (Wildman–Crippen MR) is 68.3 cm³/mol. The molecular formula is C13H18N2O4. The van der Waals surface area contributed by atoms with Crippen LogP contribution in [0.5, 0.6) is 5.88 Å². The Labute approximate surface area is 112 Å². The number of carbonyl (C=O) groups is 1. The molecule has 0 radical (unpaired) electrons. The van der Waals surface area contributed by atoms with Gasteiger partial charge < -0.3 is 19.5 Å². The highest BCUT2D eigenvalue weighted by Crippen LogP contribution is 2.12. The maximum absolute atomic E-state index is 12.1. The minimum atomic E-state index is -0.180. The second-order valence-corrected chi connectivity index (χ2v) is 4.20. The Hall–Kier alpha value is -1.66. The van der Waals surface area contributed by atoms with Crippen molar-refractivity contribution in [1.29, 1.82) is 0 Å². The lowest BCUT2D eigenvalue weighted by atomic mass is 10.2. The van der Waals surface area contributed by atoms with E-state index in [1.54, 1.807) is 18.3 Å². The summed E-state index contributed by atoms with van der Waals surface area (Å²) < 4.78 is 15.8. The number of hydrogen-bond donors (Lipinski definition) is 1. The van der Waals surface area contributed by atoms with Gasteiger partial charge in [-0.05, 0) is 13.0 Å². The predicted octanol–water partition coefficient (Wildman–Crippen LogP) is 0.624. The van der Waals surface area contributed by atoms with Crippen LogP contribution in [0.15, 0.2) is 18.3 Å². The monoisotopic (exact) mass is 266 g/mol. The molecule has 19 heavy (non-hydrogen) atoms. The number of hydrogen-bond acceptors (Lipinski definition) is 5. The Bertz CT molecular complexity index is 438. The van der Waals surface area contributed by atoms with Crippen molar-refractivity contribution in [3.05, 3.63) is 23.9 Å². The number of rotatable bonds is 5. The van der Waals surface area contributed by atoms with Crippen molar-refractivity contribution < 1.29 is 19.0 Å². The quantitative estimate of drug-likeness (QED) is 0.846. The van der Waals surface area contributed by atoms with E-state index >= 15 is 0 Å². The molecule has 0 unspecified atom stereocenters. The van der Waals surface area contributed by atoms with Gasteiger partial charge in [-0.3, -0.25) is 4.79 Å². The van der Waals surface area contributed by atoms with Crippen LogP contribution in [0.1, 0.15) is 17.3 Å². The zero-order valence-electron chi connectivity index (χ0n) is 11.1. The van der Waals surface area contributed by atoms with E-state index in [9.17, 15) is 4.79 Å². The number of nitrogens with one attached hydrogen (secondary N) is 1. The first-order valence-electron chi connectivity index (χ1n) is 6.25. The van der Waals surface area contributed by atoms with Gasteiger partial charge in [-0.15, -0.1) is 0 Å². The number of ether oxygens (including phenoxy) is 3. The number of carbonyl (C=O) groups excluding carboxylic acids is 1. The Morgan fingerprint density at radius 1 is 1.58 bits per heavy atom. The molecule has 0 saturated carbocycles. The van der Waals surface area contributed by atoms with Crippen LogP contribution >= 0.6 is 0 Å². The number of amides is 1. The lowest BCUT2D eigenvalue weighted by molar-refractivity contribution is 0.0402. The molecule has 104 valence electrons. The summed E-state index contributed by atoms with van der Waals surface area (Å²) in [5, 5.41) is 2.91. The van der Waals surface area contributed by atoms with Crippen LogP contribution < -0.4 is 10.1 Å². The van der Waals surface area contributed by atoms with Crippen LogP contribution in [-0.2, 0) is 9.47 Å². The maximum atomic E-state index is 12.1. The lowest BCUT2D eigenvalue weighted by Crippen LogP contribution is -2.43. The van der Waals surface area contributed by atoms with Crippen molar-refractivity contribution in [2.75, 3.05) is 26.9 Å². The number of nitrogens with zero attached hydrogens (tertiary/aromatic N) is 1. The summed E-state index contributed by atoms with van der Waals surface area (Å²) in [6.07, 6.45) is 1.46. The van der Waals surface area contributed by atoms with Gasteiger partial charge in [0.05, 0.1) is 26.4 Å². The molecule has 0 aliphatic carbocycles. The van der Waals surface area contributed by atoms with Gasteiger partial charge in [0.1, 0.15) is 6.10 Å². The van der Waals surface area contributed by atoms with Crippen LogP contribution in [0.25, 0.3) is 0 Å². The smallest absolute Gasteiger partial charge is 0.251 e. The van der Waals surface area contributed by atoms with E-state index in [1.165, 1.54) is 7.11 Å². The van der Waals surface area contributed by atoms with E-state index in [-0.39, 0.29) is 18.1 Å². The van der Waals surface area contributed by atoms with E-state index in [0.717, 1.165) is 0 Å². The summed E-state index contributed by atoms with van der Waals surface area (Å²) in [6, 6.07) is 3.12. The van der Waals surface area contributed by atoms with Gasteiger partial charge in [-0.25, -0.2) is 4.98 Å². The van der Waals surface area contributed by atoms with Crippen molar-refractivity contribution >= 4 is 5.91 Å². The molecule has 1 saturated heterocycles. The highest BCUT2D eigenvalue weighted by Gasteiger charge is 2.30. The van der Waals surface area contributed by atoms with Gasteiger partial charge in [-0.1, -0.05) is 0 Å². The molecule has 0 bridgehead atoms. The molecule has 1 fully saturated rings. The SMILES string of the molecule is CCO[C@H]1COC[C@@H]1NC(=O)c1ccnc(OC)c1. The average molecular weight is 266 g/mol. The van der Waals surface area contributed by atoms with Crippen LogP contribution in [0.3, 0.4) is 0 Å². The van der Waals surface area contributed by atoms with Crippen LogP contribution in [0, 0.1) is 0 Å². The molecule has 1 aromatic heterocycles. The average Bonchev–Trinajstić information content (AvgIpc) is 2.86. The molecule has 1 aliphatic rings. The van der Waals surface area contributed by atoms with E-state index in [4.69, 9.17) is 14.2 Å². The first-order chi connectivity index (χ1) is 9.24. The van der Waals surface area contributed by atoms with Gasteiger partial charge in [-0.2, -0.15) is 0 Å². The Morgan fingerprint density at radius 2 is 2.42 bits per heavy atom. The fourth-order valence-electron chi connectivity index (χ4n) is 1.96. The second-order valence-electron chi connectivity index (χ2n) is 4.20. The van der Waals surface area contributed by atoms with E-state index in [0.29, 0.717) is 31.3 Å². The first kappa shape index (κ1) is 13.8. The third-order valence-electron chi connectivity index (χ3n) is 2.93. The third-order valence-corrected chi connectivity index (χ3v) is 2.93. The number of pyridine rings is 1. The van der Waals surface area contributed by atoms with Gasteiger partial charge in [0.25, 0.3) is 5.91 Å². The molecule has 1 aromatic rings. The normalized spacial score (nSPS) is 22.2. The van der Waals surface area contributed by atoms with Crippen LogP contribution in [0.2, 0.25) is 0 Å². The van der Waals surface area contributed by atoms with E-state index < -0.39 is 0 Å². The molecule has 6 nitrogen and oxygen atoms in total. The summed E-state index contributed by atoms with van der Waals surface area (Å²) in [4.78, 5) is 16.1. The molecule has 0 aromatic carbocycles. The van der Waals surface area contributed by atoms with Crippen molar-refractivity contribution in [2.24, 2.45) is 0 Å². The molecule has 0 spiro atoms. The summed E-state index contributed by atoms with van der Waals surface area (Å²) in [6.45, 7) is 3.51. The Kier molecular flexibility index (Phi) is 4.70. The van der Waals surface area contributed by atoms with Crippen molar-refractivity contribution in [2.45, 2.75) is 19.1 Å². The number of methoxy groups -OCH3 is 1. The van der Waals surface area contributed by atoms with Crippen LogP contribution in [-0.4, -0.2) is 50.0 Å². The molecule has 2 rings (SSSR count). The molecular weight excluding hydrogens is 248 g/mol. The Balaban J connectivity index is 1.99. The zero-order chi connectivity index (χ0) is 13.7. The van der Waals surface area contributed by atoms with Crippen molar-refractivity contribution in [1.82, 2.24) is 10.3 Å². The minimum Gasteiger partial charge on any atom is -0.481 e. The summed E-state index contributed by atoms with van der Waals surface area (Å²) in [5.41, 5.74) is 0.508. The third kappa shape index (κ3) is 3.42. The molecule has 1 aliphatic heterocycles. The van der Waals surface area contributed by atoms with Gasteiger partial charge in [0.2, 0.25) is 5.88 Å². The molecule has 1 N–H and O–H groups in total. The van der Waals surface area contributed by atoms with Crippen molar-refractivity contribution in [3.8, 4) is 5.88 Å². The largest absolute Gasteiger partial charge is 0.481 e. The zero-order valence-corrected chi connectivity index (χ0v) is 11.1. The summed E-state index contributed by atoms with van der Waals surface area (Å²) in [5.74, 6) is 0.234. The first-order valence-corrected chi connectivity index (χ1v) is 6.25. The van der Waals surface area contributed by atoms with E-state index in [2.05, 4.69) is 10.3 Å². The summed E-state index contributed by atoms with van der Waals surface area (Å²) in [7, 11) is 1.51. The van der Waals surface area contributed by atoms with Gasteiger partial charge in [0, 0.05) is 24.4 Å². The van der Waals surface area contributed by atoms with Gasteiger partial charge in [0.15, 0.2) is 0 Å². The fraction of sp³-hybridized carbons (Fsp3) is 0.538. The lowest BCUT2D eigenvalue weighted by Gasteiger charge is -2.18. The highest BCUT2D eigenvalue weighted by molar-refractivity contribution is 5.94. The molecule has 2 heterocycles. The van der Waals surface area contributed by atoms with Crippen LogP contribution in [0.4, 0.5) is 0 Å². The standard InChI is InChI=1S/C13H18N2O4/c1-3-19-11-8-18-7-10(11)15-13(16)9-4-5-14-12(6-9)17-2/h4-6,10-11H,3,7-8H2,1-2H3,(H,15,16)/t10-,11-/m0/s1. The maximum Gasteiger partial charge on any atom is 0.251 e. The fourth-order valence-corrected chi connectivity index (χ4v) is 1.96. The van der Waals surface area contributed by atoms with Gasteiger partial charge >= 0.3 is 0 Å². The molecule has 6 heteroatoms. The van der Waals surface area contributed by atoms with Crippen molar-refractivity contribution in [3.63, 3.8) is 0 Å². The molecule has 1 amide bonds. The van der Waals surface area contributed by atoms with E-state index in [1.807, 2.05) is 6.92 Å². The number of aromatic nitrogens is 1. The highest BCUT2D eigenvalue weighted by atomic mass is 16.5. The topological polar surface area (TPSA) is 69.7 Å². The minimum absolute atomic E-state index is 0.0855. The summed E-state index contributed by atoms with van der Waals surface area (Å²) >= 11 is 0. The Morgan fingerprint density at radius 3 is 3.16 bits per heavy atom. The second kappa shape index (κ2) is 6.49. The molecule has 2 atom stereocenters.